The lowest BCUT2D eigenvalue weighted by molar-refractivity contribution is 0.105. The largest absolute Gasteiger partial charge is 0.347 e. The first kappa shape index (κ1) is 14.4. The number of unbranched alkanes of at least 4 members (excludes halogenated alkanes) is 3. The molecule has 2 heteroatoms. The molecule has 2 aromatic rings. The van der Waals surface area contributed by atoms with Crippen LogP contribution in [-0.4, -0.2) is 10.4 Å². The minimum Gasteiger partial charge on any atom is -0.347 e. The molecule has 0 spiro atoms. The summed E-state index contributed by atoms with van der Waals surface area (Å²) in [4.78, 5) is 12.2. The van der Waals surface area contributed by atoms with Crippen molar-refractivity contribution in [3.8, 4) is 11.8 Å². The number of aryl methyl sites for hydroxylation is 1. The van der Waals surface area contributed by atoms with E-state index in [1.54, 1.807) is 0 Å². The Morgan fingerprint density at radius 3 is 2.75 bits per heavy atom. The van der Waals surface area contributed by atoms with Crippen LogP contribution >= 0.6 is 0 Å². The third-order valence-electron chi connectivity index (χ3n) is 3.48. The van der Waals surface area contributed by atoms with E-state index in [0.29, 0.717) is 0 Å². The molecular weight excluding hydrogens is 246 g/mol. The molecule has 104 valence electrons. The predicted octanol–water partition coefficient (Wildman–Crippen LogP) is 4.43. The molecule has 0 amide bonds. The molecule has 0 saturated heterocycles. The molecule has 1 heterocycles. The molecule has 0 aliphatic heterocycles. The average molecular weight is 267 g/mol. The quantitative estimate of drug-likeness (QED) is 0.340. The van der Waals surface area contributed by atoms with Crippen molar-refractivity contribution in [3.05, 3.63) is 36.0 Å². The van der Waals surface area contributed by atoms with Gasteiger partial charge in [0.05, 0.1) is 5.56 Å². The van der Waals surface area contributed by atoms with E-state index in [4.69, 9.17) is 0 Å². The van der Waals surface area contributed by atoms with Gasteiger partial charge in [0.1, 0.15) is 0 Å². The van der Waals surface area contributed by atoms with Crippen molar-refractivity contribution in [2.24, 2.45) is 0 Å². The Kier molecular flexibility index (Phi) is 5.01. The monoisotopic (exact) mass is 267 g/mol. The molecule has 2 rings (SSSR count). The van der Waals surface area contributed by atoms with Crippen molar-refractivity contribution in [1.29, 1.82) is 0 Å². The van der Waals surface area contributed by atoms with Gasteiger partial charge in [-0.25, -0.2) is 0 Å². The topological polar surface area (TPSA) is 22.0 Å². The van der Waals surface area contributed by atoms with Crippen molar-refractivity contribution in [2.45, 2.75) is 46.1 Å². The summed E-state index contributed by atoms with van der Waals surface area (Å²) in [6.07, 6.45) is 6.17. The van der Waals surface area contributed by atoms with Crippen LogP contribution in [0.5, 0.6) is 0 Å². The molecule has 0 fully saturated rings. The Labute approximate surface area is 120 Å². The lowest BCUT2D eigenvalue weighted by Crippen LogP contribution is -1.94. The molecule has 0 aliphatic carbocycles. The van der Waals surface area contributed by atoms with E-state index in [9.17, 15) is 4.79 Å². The van der Waals surface area contributed by atoms with Crippen molar-refractivity contribution >= 4 is 16.7 Å². The minimum absolute atomic E-state index is 0.0649. The van der Waals surface area contributed by atoms with Gasteiger partial charge in [-0.05, 0) is 25.3 Å². The molecule has 0 bridgehead atoms. The summed E-state index contributed by atoms with van der Waals surface area (Å²) >= 11 is 0. The number of Topliss-reactive ketones (excluding diaryl/α,β-unsaturated/α-hetero) is 1. The van der Waals surface area contributed by atoms with Crippen LogP contribution in [0.4, 0.5) is 0 Å². The number of nitrogens with zero attached hydrogens (tertiary/aromatic N) is 1. The van der Waals surface area contributed by atoms with Gasteiger partial charge < -0.3 is 4.57 Å². The number of aromatic nitrogens is 1. The summed E-state index contributed by atoms with van der Waals surface area (Å²) in [5.41, 5.74) is 1.83. The van der Waals surface area contributed by atoms with Gasteiger partial charge in [-0.15, -0.1) is 0 Å². The fourth-order valence-electron chi connectivity index (χ4n) is 2.36. The molecule has 2 nitrogen and oxygen atoms in total. The maximum atomic E-state index is 12.2. The smallest absolute Gasteiger partial charge is 0.238 e. The van der Waals surface area contributed by atoms with Crippen molar-refractivity contribution in [2.75, 3.05) is 0 Å². The Bertz CT molecular complexity index is 655. The molecule has 0 aliphatic rings. The molecule has 0 unspecified atom stereocenters. The molecular formula is C18H21NO. The SMILES string of the molecule is CCCCCC#CC(=O)c1cn(CC)c2ccccc12. The third-order valence-corrected chi connectivity index (χ3v) is 3.48. The highest BCUT2D eigenvalue weighted by Crippen LogP contribution is 2.21. The lowest BCUT2D eigenvalue weighted by Gasteiger charge is -1.97. The van der Waals surface area contributed by atoms with E-state index in [2.05, 4.69) is 30.3 Å². The number of rotatable bonds is 5. The summed E-state index contributed by atoms with van der Waals surface area (Å²) in [5, 5.41) is 1.00. The zero-order chi connectivity index (χ0) is 14.4. The van der Waals surface area contributed by atoms with Crippen LogP contribution in [0.3, 0.4) is 0 Å². The highest BCUT2D eigenvalue weighted by atomic mass is 16.1. The Hall–Kier alpha value is -2.01. The van der Waals surface area contributed by atoms with E-state index in [-0.39, 0.29) is 5.78 Å². The second kappa shape index (κ2) is 6.96. The molecule has 0 N–H and O–H groups in total. The van der Waals surface area contributed by atoms with Crippen LogP contribution < -0.4 is 0 Å². The highest BCUT2D eigenvalue weighted by Gasteiger charge is 2.12. The van der Waals surface area contributed by atoms with Gasteiger partial charge >= 0.3 is 0 Å². The molecule has 0 radical (unpaired) electrons. The summed E-state index contributed by atoms with van der Waals surface area (Å²) in [5.74, 6) is 5.72. The summed E-state index contributed by atoms with van der Waals surface area (Å²) < 4.78 is 2.10. The first-order valence-corrected chi connectivity index (χ1v) is 7.39. The molecule has 0 saturated carbocycles. The first-order chi connectivity index (χ1) is 9.77. The standard InChI is InChI=1S/C18H21NO/c1-3-5-6-7-8-13-18(20)16-14-19(4-2)17-12-10-9-11-15(16)17/h9-12,14H,3-7H2,1-2H3. The molecule has 20 heavy (non-hydrogen) atoms. The van der Waals surface area contributed by atoms with Crippen molar-refractivity contribution in [1.82, 2.24) is 4.57 Å². The number of ketones is 1. The highest BCUT2D eigenvalue weighted by molar-refractivity contribution is 6.16. The Balaban J connectivity index is 2.22. The van der Waals surface area contributed by atoms with Crippen molar-refractivity contribution in [3.63, 3.8) is 0 Å². The molecule has 1 aromatic heterocycles. The number of para-hydroxylation sites is 1. The minimum atomic E-state index is -0.0649. The van der Waals surface area contributed by atoms with Gasteiger partial charge in [0, 0.05) is 30.1 Å². The van der Waals surface area contributed by atoms with Crippen LogP contribution in [0.2, 0.25) is 0 Å². The Morgan fingerprint density at radius 1 is 1.20 bits per heavy atom. The second-order valence-corrected chi connectivity index (χ2v) is 4.93. The van der Waals surface area contributed by atoms with Crippen LogP contribution in [0.1, 0.15) is 49.9 Å². The van der Waals surface area contributed by atoms with Crippen LogP contribution in [0.15, 0.2) is 30.5 Å². The van der Waals surface area contributed by atoms with Crippen LogP contribution in [0.25, 0.3) is 10.9 Å². The fourth-order valence-corrected chi connectivity index (χ4v) is 2.36. The predicted molar refractivity (Wildman–Crippen MR) is 83.9 cm³/mol. The van der Waals surface area contributed by atoms with E-state index in [0.717, 1.165) is 35.9 Å². The van der Waals surface area contributed by atoms with E-state index in [1.165, 1.54) is 12.8 Å². The van der Waals surface area contributed by atoms with Gasteiger partial charge in [0.25, 0.3) is 0 Å². The lowest BCUT2D eigenvalue weighted by atomic mass is 10.1. The number of carbonyl (C=O) groups is 1. The van der Waals surface area contributed by atoms with Gasteiger partial charge in [-0.3, -0.25) is 4.79 Å². The maximum Gasteiger partial charge on any atom is 0.238 e. The maximum absolute atomic E-state index is 12.2. The summed E-state index contributed by atoms with van der Waals surface area (Å²) in [7, 11) is 0. The number of carbonyl (C=O) groups excluding carboxylic acids is 1. The number of hydrogen-bond donors (Lipinski definition) is 0. The van der Waals surface area contributed by atoms with Crippen molar-refractivity contribution < 1.29 is 4.79 Å². The second-order valence-electron chi connectivity index (χ2n) is 4.93. The van der Waals surface area contributed by atoms with Gasteiger partial charge in [0.15, 0.2) is 0 Å². The van der Waals surface area contributed by atoms with Gasteiger partial charge in [0.2, 0.25) is 5.78 Å². The summed E-state index contributed by atoms with van der Waals surface area (Å²) in [6, 6.07) is 8.00. The van der Waals surface area contributed by atoms with Crippen LogP contribution in [-0.2, 0) is 6.54 Å². The fraction of sp³-hybridized carbons (Fsp3) is 0.389. The van der Waals surface area contributed by atoms with Crippen LogP contribution in [0, 0.1) is 11.8 Å². The van der Waals surface area contributed by atoms with E-state index < -0.39 is 0 Å². The first-order valence-electron chi connectivity index (χ1n) is 7.39. The Morgan fingerprint density at radius 2 is 2.00 bits per heavy atom. The van der Waals surface area contributed by atoms with E-state index in [1.807, 2.05) is 30.5 Å². The number of fused-ring (bicyclic) bond motifs is 1. The zero-order valence-electron chi connectivity index (χ0n) is 12.3. The number of hydrogen-bond acceptors (Lipinski definition) is 1. The molecule has 0 atom stereocenters. The summed E-state index contributed by atoms with van der Waals surface area (Å²) in [6.45, 7) is 5.10. The normalized spacial score (nSPS) is 10.3. The van der Waals surface area contributed by atoms with Gasteiger partial charge in [-0.1, -0.05) is 43.9 Å². The van der Waals surface area contributed by atoms with E-state index >= 15 is 0 Å². The number of benzene rings is 1. The van der Waals surface area contributed by atoms with Gasteiger partial charge in [-0.2, -0.15) is 0 Å². The molecule has 1 aromatic carbocycles. The zero-order valence-corrected chi connectivity index (χ0v) is 12.3. The third kappa shape index (κ3) is 3.11. The average Bonchev–Trinajstić information content (AvgIpc) is 2.86.